The van der Waals surface area contributed by atoms with E-state index in [1.165, 1.54) is 22.3 Å². The maximum Gasteiger partial charge on any atom is 0.113 e. The largest absolute Gasteiger partial charge is 0.387 e. The number of unbranched alkanes of at least 4 members (excludes halogenated alkanes) is 1. The normalized spacial score (nSPS) is 12.5. The lowest BCUT2D eigenvalue weighted by Gasteiger charge is -2.14. The van der Waals surface area contributed by atoms with Crippen LogP contribution >= 0.6 is 11.8 Å². The van der Waals surface area contributed by atoms with E-state index in [1.807, 2.05) is 25.4 Å². The third kappa shape index (κ3) is 9.39. The number of aryl methyl sites for hydroxylation is 2. The van der Waals surface area contributed by atoms with Crippen LogP contribution in [-0.4, -0.2) is 30.0 Å². The van der Waals surface area contributed by atoms with E-state index < -0.39 is 0 Å². The van der Waals surface area contributed by atoms with Gasteiger partial charge >= 0.3 is 0 Å². The molecule has 228 valence electrons. The molecule has 1 aliphatic rings. The Morgan fingerprint density at radius 1 is 1.07 bits per heavy atom. The van der Waals surface area contributed by atoms with E-state index in [-0.39, 0.29) is 0 Å². The Balaban J connectivity index is 1.39. The summed E-state index contributed by atoms with van der Waals surface area (Å²) in [6.45, 7) is 20.7. The van der Waals surface area contributed by atoms with Gasteiger partial charge in [-0.25, -0.2) is 4.98 Å². The van der Waals surface area contributed by atoms with Crippen molar-refractivity contribution in [2.45, 2.75) is 46.6 Å². The number of hydrogen-bond acceptors (Lipinski definition) is 5. The number of nitrogens with one attached hydrogen (secondary N) is 2. The molecule has 2 heterocycles. The molecule has 0 atom stereocenters. The van der Waals surface area contributed by atoms with Gasteiger partial charge in [0.05, 0.1) is 17.2 Å². The topological polar surface area (TPSA) is 49.3 Å². The standard InChI is InChI=1S/C40H42N4S/c1-28(2)41-24-25-42-40(35-19-16-29(3)17-20-35)31(5)30(4)39(45-7)23-22-36-21-18-33(26-44-36)12-9-8-10-13-34-14-11-15-37-32(6)43-27-38(34)37/h11,14-21,26,41,43H,1,5-6,8-9,12,24-25,27H2,2-4,7H3/b39-30-,42-40+. The lowest BCUT2D eigenvalue weighted by atomic mass is 9.97. The number of hydrogen-bond donors (Lipinski definition) is 2. The summed E-state index contributed by atoms with van der Waals surface area (Å²) in [5.41, 5.74) is 12.4. The molecule has 3 aromatic rings. The minimum Gasteiger partial charge on any atom is -0.387 e. The minimum absolute atomic E-state index is 0.620. The van der Waals surface area contributed by atoms with Crippen molar-refractivity contribution in [1.82, 2.24) is 15.6 Å². The first-order valence-corrected chi connectivity index (χ1v) is 16.5. The molecule has 2 aromatic carbocycles. The zero-order valence-corrected chi connectivity index (χ0v) is 27.8. The molecule has 0 aliphatic carbocycles. The van der Waals surface area contributed by atoms with Gasteiger partial charge in [0.25, 0.3) is 0 Å². The summed E-state index contributed by atoms with van der Waals surface area (Å²) in [7, 11) is 0. The predicted molar refractivity (Wildman–Crippen MR) is 194 cm³/mol. The molecule has 1 aromatic heterocycles. The Morgan fingerprint density at radius 2 is 1.87 bits per heavy atom. The van der Waals surface area contributed by atoms with Gasteiger partial charge in [0.1, 0.15) is 5.69 Å². The molecule has 0 fully saturated rings. The van der Waals surface area contributed by atoms with Gasteiger partial charge in [-0.2, -0.15) is 0 Å². The average Bonchev–Trinajstić information content (AvgIpc) is 3.43. The minimum atomic E-state index is 0.620. The Hall–Kier alpha value is -4.71. The average molecular weight is 611 g/mol. The van der Waals surface area contributed by atoms with E-state index in [4.69, 9.17) is 4.99 Å². The van der Waals surface area contributed by atoms with Gasteiger partial charge in [-0.05, 0) is 80.2 Å². The summed E-state index contributed by atoms with van der Waals surface area (Å²) < 4.78 is 0. The molecule has 2 N–H and O–H groups in total. The SMILES string of the molecule is C=C(C)NCC/N=C(\C(=C)/C(C)=C(/C#Cc1ccc(CCCC#Cc2cccc3c2CNC3=C)cn1)SC)c1ccc(C)cc1. The van der Waals surface area contributed by atoms with Crippen molar-refractivity contribution in [3.05, 3.63) is 141 Å². The van der Waals surface area contributed by atoms with Crippen molar-refractivity contribution in [3.63, 3.8) is 0 Å². The molecule has 4 rings (SSSR count). The van der Waals surface area contributed by atoms with Crippen LogP contribution in [0.15, 0.2) is 107 Å². The molecule has 0 radical (unpaired) electrons. The van der Waals surface area contributed by atoms with Crippen LogP contribution in [0.25, 0.3) is 5.70 Å². The number of fused-ring (bicyclic) bond motifs is 1. The van der Waals surface area contributed by atoms with Gasteiger partial charge in [-0.1, -0.05) is 85.5 Å². The molecule has 45 heavy (non-hydrogen) atoms. The van der Waals surface area contributed by atoms with Gasteiger partial charge in [-0.15, -0.1) is 11.8 Å². The Bertz CT molecular complexity index is 1750. The molecule has 0 spiro atoms. The van der Waals surface area contributed by atoms with Crippen molar-refractivity contribution in [3.8, 4) is 23.7 Å². The fraction of sp³-hybridized carbons (Fsp3) is 0.250. The van der Waals surface area contributed by atoms with Gasteiger partial charge in [0.2, 0.25) is 0 Å². The maximum atomic E-state index is 4.92. The number of benzene rings is 2. The first kappa shape index (κ1) is 33.2. The van der Waals surface area contributed by atoms with Crippen LogP contribution in [0, 0.1) is 30.6 Å². The van der Waals surface area contributed by atoms with Gasteiger partial charge in [-0.3, -0.25) is 4.99 Å². The monoisotopic (exact) mass is 610 g/mol. The number of nitrogens with zero attached hydrogens (tertiary/aromatic N) is 2. The molecule has 4 nitrogen and oxygen atoms in total. The molecule has 5 heteroatoms. The summed E-state index contributed by atoms with van der Waals surface area (Å²) in [6.07, 6.45) is 6.71. The van der Waals surface area contributed by atoms with Crippen LogP contribution in [0.5, 0.6) is 0 Å². The maximum absolute atomic E-state index is 4.92. The van der Waals surface area contributed by atoms with Gasteiger partial charge in [0.15, 0.2) is 0 Å². The Labute approximate surface area is 274 Å². The molecule has 0 amide bonds. The van der Waals surface area contributed by atoms with Crippen LogP contribution in [-0.2, 0) is 13.0 Å². The molecule has 0 saturated carbocycles. The third-order valence-electron chi connectivity index (χ3n) is 7.52. The van der Waals surface area contributed by atoms with E-state index in [1.54, 1.807) is 11.8 Å². The summed E-state index contributed by atoms with van der Waals surface area (Å²) in [6, 6.07) is 18.8. The smallest absolute Gasteiger partial charge is 0.113 e. The lowest BCUT2D eigenvalue weighted by Crippen LogP contribution is -2.16. The van der Waals surface area contributed by atoms with Crippen molar-refractivity contribution in [2.75, 3.05) is 19.3 Å². The second kappa shape index (κ2) is 16.4. The zero-order chi connectivity index (χ0) is 32.2. The molecule has 0 bridgehead atoms. The van der Waals surface area contributed by atoms with Crippen molar-refractivity contribution >= 4 is 23.2 Å². The molecular weight excluding hydrogens is 569 g/mol. The third-order valence-corrected chi connectivity index (χ3v) is 8.33. The summed E-state index contributed by atoms with van der Waals surface area (Å²) in [5, 5.41) is 6.56. The highest BCUT2D eigenvalue weighted by Gasteiger charge is 2.16. The molecule has 0 saturated heterocycles. The molecule has 0 unspecified atom stereocenters. The van der Waals surface area contributed by atoms with Crippen LogP contribution < -0.4 is 10.6 Å². The van der Waals surface area contributed by atoms with E-state index in [2.05, 4.69) is 121 Å². The number of pyridine rings is 1. The van der Waals surface area contributed by atoms with Crippen molar-refractivity contribution < 1.29 is 0 Å². The second-order valence-corrected chi connectivity index (χ2v) is 11.9. The summed E-state index contributed by atoms with van der Waals surface area (Å²) in [5.74, 6) is 13.3. The Morgan fingerprint density at radius 3 is 2.58 bits per heavy atom. The fourth-order valence-electron chi connectivity index (χ4n) is 4.90. The van der Waals surface area contributed by atoms with E-state index in [0.717, 1.165) is 82.3 Å². The lowest BCUT2D eigenvalue weighted by molar-refractivity contribution is 0.802. The second-order valence-electron chi connectivity index (χ2n) is 11.1. The number of rotatable bonds is 11. The van der Waals surface area contributed by atoms with Crippen molar-refractivity contribution in [1.29, 1.82) is 0 Å². The van der Waals surface area contributed by atoms with E-state index in [0.29, 0.717) is 6.54 Å². The molecular formula is C40H42N4S. The summed E-state index contributed by atoms with van der Waals surface area (Å²) >= 11 is 1.61. The number of allylic oxidation sites excluding steroid dienone is 4. The van der Waals surface area contributed by atoms with Crippen LogP contribution in [0.2, 0.25) is 0 Å². The Kier molecular flexibility index (Phi) is 12.1. The van der Waals surface area contributed by atoms with Crippen LogP contribution in [0.3, 0.4) is 0 Å². The van der Waals surface area contributed by atoms with E-state index >= 15 is 0 Å². The quantitative estimate of drug-likeness (QED) is 0.100. The van der Waals surface area contributed by atoms with Crippen LogP contribution in [0.1, 0.15) is 65.8 Å². The van der Waals surface area contributed by atoms with Gasteiger partial charge < -0.3 is 10.6 Å². The number of aliphatic imine (C=N–C) groups is 1. The summed E-state index contributed by atoms with van der Waals surface area (Å²) in [4.78, 5) is 10.5. The number of thioether (sulfide) groups is 1. The van der Waals surface area contributed by atoms with E-state index in [9.17, 15) is 0 Å². The van der Waals surface area contributed by atoms with Crippen LogP contribution in [0.4, 0.5) is 0 Å². The van der Waals surface area contributed by atoms with Gasteiger partial charge in [0, 0.05) is 53.8 Å². The zero-order valence-electron chi connectivity index (χ0n) is 26.9. The first-order chi connectivity index (χ1) is 21.8. The number of aromatic nitrogens is 1. The first-order valence-electron chi connectivity index (χ1n) is 15.2. The highest BCUT2D eigenvalue weighted by molar-refractivity contribution is 8.02. The fourth-order valence-corrected chi connectivity index (χ4v) is 5.48. The highest BCUT2D eigenvalue weighted by atomic mass is 32.2. The highest BCUT2D eigenvalue weighted by Crippen LogP contribution is 2.26. The van der Waals surface area contributed by atoms with Crippen molar-refractivity contribution in [2.24, 2.45) is 4.99 Å². The molecule has 1 aliphatic heterocycles. The predicted octanol–water partition coefficient (Wildman–Crippen LogP) is 8.00.